The van der Waals surface area contributed by atoms with Crippen molar-refractivity contribution in [2.24, 2.45) is 0 Å². The smallest absolute Gasteiger partial charge is 0.342 e. The molecule has 1 amide bonds. The highest BCUT2D eigenvalue weighted by Gasteiger charge is 2.21. The van der Waals surface area contributed by atoms with Crippen molar-refractivity contribution in [3.05, 3.63) is 45.9 Å². The molecule has 6 nitrogen and oxygen atoms in total. The molecule has 0 saturated heterocycles. The molecule has 1 heterocycles. The monoisotopic (exact) mass is 372 g/mol. The van der Waals surface area contributed by atoms with Crippen LogP contribution in [0.25, 0.3) is 0 Å². The highest BCUT2D eigenvalue weighted by atomic mass is 32.2. The number of amides is 1. The van der Waals surface area contributed by atoms with E-state index in [-0.39, 0.29) is 0 Å². The van der Waals surface area contributed by atoms with Crippen LogP contribution in [0.3, 0.4) is 0 Å². The van der Waals surface area contributed by atoms with E-state index in [4.69, 9.17) is 14.4 Å². The van der Waals surface area contributed by atoms with Crippen molar-refractivity contribution in [2.75, 3.05) is 11.9 Å². The highest BCUT2D eigenvalue weighted by Crippen LogP contribution is 2.27. The van der Waals surface area contributed by atoms with Crippen LogP contribution in [0.15, 0.2) is 21.4 Å². The number of nitrogens with zero attached hydrogens (tertiary/aromatic N) is 1. The number of thioether (sulfide) groups is 1. The normalized spacial score (nSPS) is 10.3. The van der Waals surface area contributed by atoms with Crippen LogP contribution in [-0.4, -0.2) is 18.5 Å². The van der Waals surface area contributed by atoms with Gasteiger partial charge in [-0.3, -0.25) is 4.79 Å². The van der Waals surface area contributed by atoms with Crippen molar-refractivity contribution in [3.63, 3.8) is 0 Å². The van der Waals surface area contributed by atoms with E-state index in [2.05, 4.69) is 5.32 Å². The molecule has 0 atom stereocenters. The summed E-state index contributed by atoms with van der Waals surface area (Å²) in [6.45, 7) is 8.52. The fourth-order valence-electron chi connectivity index (χ4n) is 2.71. The summed E-state index contributed by atoms with van der Waals surface area (Å²) in [5, 5.41) is 13.5. The Labute approximate surface area is 156 Å². The number of hydrogen-bond acceptors (Lipinski definition) is 6. The van der Waals surface area contributed by atoms with Gasteiger partial charge in [-0.05, 0) is 69.6 Å². The first-order valence-corrected chi connectivity index (χ1v) is 8.77. The molecule has 0 aliphatic heterocycles. The summed E-state index contributed by atoms with van der Waals surface area (Å²) >= 11 is 1.06. The fourth-order valence-corrected chi connectivity index (χ4v) is 3.28. The van der Waals surface area contributed by atoms with Crippen LogP contribution >= 0.6 is 11.8 Å². The second-order valence-electron chi connectivity index (χ2n) is 5.96. The number of anilines is 1. The van der Waals surface area contributed by atoms with E-state index in [1.54, 1.807) is 20.8 Å². The lowest BCUT2D eigenvalue weighted by atomic mass is 10.1. The van der Waals surface area contributed by atoms with Crippen LogP contribution in [0.1, 0.15) is 38.6 Å². The second kappa shape index (κ2) is 8.11. The van der Waals surface area contributed by atoms with E-state index in [1.807, 2.05) is 31.4 Å². The van der Waals surface area contributed by atoms with Gasteiger partial charge in [0.25, 0.3) is 5.91 Å². The quantitative estimate of drug-likeness (QED) is 0.481. The second-order valence-corrected chi connectivity index (χ2v) is 6.82. The number of carbonyl (C=O) groups is 2. The van der Waals surface area contributed by atoms with Gasteiger partial charge in [-0.2, -0.15) is 5.26 Å². The average molecular weight is 372 g/mol. The number of nitrogens with one attached hydrogen (secondary N) is 1. The van der Waals surface area contributed by atoms with E-state index < -0.39 is 18.5 Å². The molecule has 0 spiro atoms. The van der Waals surface area contributed by atoms with Crippen molar-refractivity contribution in [1.29, 1.82) is 5.26 Å². The Bertz CT molecular complexity index is 886. The number of esters is 1. The van der Waals surface area contributed by atoms with E-state index >= 15 is 0 Å². The van der Waals surface area contributed by atoms with Crippen molar-refractivity contribution in [3.8, 4) is 5.40 Å². The van der Waals surface area contributed by atoms with Crippen LogP contribution in [-0.2, 0) is 9.53 Å². The number of rotatable bonds is 5. The van der Waals surface area contributed by atoms with Crippen LogP contribution in [0.4, 0.5) is 5.69 Å². The summed E-state index contributed by atoms with van der Waals surface area (Å²) in [5.41, 5.74) is 3.39. The minimum absolute atomic E-state index is 0.362. The van der Waals surface area contributed by atoms with E-state index in [1.165, 1.54) is 0 Å². The van der Waals surface area contributed by atoms with Crippen LogP contribution in [0, 0.1) is 45.3 Å². The SMILES string of the molecule is Cc1cc(SC#N)cc(C)c1NC(=O)COC(=O)c1c(C)oc(C)c1C. The van der Waals surface area contributed by atoms with E-state index in [9.17, 15) is 9.59 Å². The molecule has 0 aliphatic rings. The maximum Gasteiger partial charge on any atom is 0.342 e. The number of furan rings is 1. The molecule has 0 radical (unpaired) electrons. The van der Waals surface area contributed by atoms with Gasteiger partial charge in [-0.25, -0.2) is 4.79 Å². The largest absolute Gasteiger partial charge is 0.465 e. The highest BCUT2D eigenvalue weighted by molar-refractivity contribution is 8.03. The van der Waals surface area contributed by atoms with Crippen molar-refractivity contribution < 1.29 is 18.7 Å². The number of nitriles is 1. The van der Waals surface area contributed by atoms with Gasteiger partial charge in [-0.15, -0.1) is 0 Å². The zero-order chi connectivity index (χ0) is 19.4. The van der Waals surface area contributed by atoms with Gasteiger partial charge < -0.3 is 14.5 Å². The number of ether oxygens (including phenoxy) is 1. The Morgan fingerprint density at radius 3 is 2.27 bits per heavy atom. The van der Waals surface area contributed by atoms with Gasteiger partial charge >= 0.3 is 5.97 Å². The molecule has 0 bridgehead atoms. The first-order chi connectivity index (χ1) is 12.2. The van der Waals surface area contributed by atoms with Crippen LogP contribution < -0.4 is 5.32 Å². The van der Waals surface area contributed by atoms with E-state index in [0.29, 0.717) is 28.3 Å². The number of hydrogen-bond donors (Lipinski definition) is 1. The summed E-state index contributed by atoms with van der Waals surface area (Å²) < 4.78 is 10.5. The molecule has 0 fully saturated rings. The molecule has 0 aliphatic carbocycles. The molecule has 1 aromatic heterocycles. The third-order valence-electron chi connectivity index (χ3n) is 4.03. The zero-order valence-electron chi connectivity index (χ0n) is 15.4. The topological polar surface area (TPSA) is 92.3 Å². The predicted octanol–water partition coefficient (Wildman–Crippen LogP) is 4.19. The maximum atomic E-state index is 12.2. The lowest BCUT2D eigenvalue weighted by Crippen LogP contribution is -2.22. The molecule has 2 rings (SSSR count). The minimum atomic E-state index is -0.582. The first kappa shape index (κ1) is 19.6. The predicted molar refractivity (Wildman–Crippen MR) is 99.2 cm³/mol. The minimum Gasteiger partial charge on any atom is -0.465 e. The molecule has 0 saturated carbocycles. The maximum absolute atomic E-state index is 12.2. The van der Waals surface area contributed by atoms with Gasteiger partial charge in [0.1, 0.15) is 22.5 Å². The van der Waals surface area contributed by atoms with E-state index in [0.717, 1.165) is 27.8 Å². The number of thiocyanates is 1. The van der Waals surface area contributed by atoms with Gasteiger partial charge in [-0.1, -0.05) is 0 Å². The Balaban J connectivity index is 2.03. The Kier molecular flexibility index (Phi) is 6.11. The fraction of sp³-hybridized carbons (Fsp3) is 0.316. The average Bonchev–Trinajstić information content (AvgIpc) is 2.81. The lowest BCUT2D eigenvalue weighted by Gasteiger charge is -2.13. The standard InChI is InChI=1S/C19H20N2O4S/c1-10-6-15(26-9-20)7-11(2)18(10)21-16(22)8-24-19(23)17-12(3)13(4)25-14(17)5/h6-7H,8H2,1-5H3,(H,21,22). The molecule has 7 heteroatoms. The zero-order valence-corrected chi connectivity index (χ0v) is 16.2. The summed E-state index contributed by atoms with van der Waals surface area (Å²) in [5.74, 6) is 0.116. The number of aryl methyl sites for hydroxylation is 4. The van der Waals surface area contributed by atoms with Crippen molar-refractivity contribution in [1.82, 2.24) is 0 Å². The molecule has 1 N–H and O–H groups in total. The lowest BCUT2D eigenvalue weighted by molar-refractivity contribution is -0.119. The molecular weight excluding hydrogens is 352 g/mol. The molecule has 2 aromatic rings. The van der Waals surface area contributed by atoms with Gasteiger partial charge in [0.15, 0.2) is 6.61 Å². The summed E-state index contributed by atoms with van der Waals surface area (Å²) in [4.78, 5) is 25.2. The number of carbonyl (C=O) groups excluding carboxylic acids is 2. The van der Waals surface area contributed by atoms with Gasteiger partial charge in [0.2, 0.25) is 0 Å². The first-order valence-electron chi connectivity index (χ1n) is 7.95. The summed E-state index contributed by atoms with van der Waals surface area (Å²) in [6.07, 6.45) is 0. The molecule has 26 heavy (non-hydrogen) atoms. The number of benzene rings is 1. The Morgan fingerprint density at radius 2 is 1.77 bits per heavy atom. The molecule has 0 unspecified atom stereocenters. The molecule has 136 valence electrons. The Hall–Kier alpha value is -2.72. The summed E-state index contributed by atoms with van der Waals surface area (Å²) in [7, 11) is 0. The van der Waals surface area contributed by atoms with Gasteiger partial charge in [0, 0.05) is 16.1 Å². The van der Waals surface area contributed by atoms with Crippen LogP contribution in [0.2, 0.25) is 0 Å². The third-order valence-corrected chi connectivity index (χ3v) is 4.60. The molecular formula is C19H20N2O4S. The van der Waals surface area contributed by atoms with Crippen LogP contribution in [0.5, 0.6) is 0 Å². The Morgan fingerprint density at radius 1 is 1.15 bits per heavy atom. The van der Waals surface area contributed by atoms with Crippen molar-refractivity contribution in [2.45, 2.75) is 39.5 Å². The third kappa shape index (κ3) is 4.27. The van der Waals surface area contributed by atoms with Gasteiger partial charge in [0.05, 0.1) is 0 Å². The summed E-state index contributed by atoms with van der Waals surface area (Å²) in [6, 6.07) is 3.65. The molecule has 1 aromatic carbocycles. The van der Waals surface area contributed by atoms with Crippen molar-refractivity contribution >= 4 is 29.3 Å².